The van der Waals surface area contributed by atoms with Gasteiger partial charge in [-0.2, -0.15) is 0 Å². The zero-order valence-corrected chi connectivity index (χ0v) is 8.87. The monoisotopic (exact) mass is 209 g/mol. The smallest absolute Gasteiger partial charge is 0.253 e. The van der Waals surface area contributed by atoms with Crippen molar-refractivity contribution in [1.29, 1.82) is 0 Å². The van der Waals surface area contributed by atoms with E-state index in [1.807, 2.05) is 0 Å². The number of rotatable bonds is 3. The molecule has 80 valence electrons. The summed E-state index contributed by atoms with van der Waals surface area (Å²) in [6, 6.07) is 2.26. The minimum absolute atomic E-state index is 0.0813. The fourth-order valence-corrected chi connectivity index (χ4v) is 1.40. The minimum Gasteiger partial charge on any atom is -0.496 e. The van der Waals surface area contributed by atoms with Crippen LogP contribution in [-0.4, -0.2) is 14.2 Å². The van der Waals surface area contributed by atoms with E-state index in [2.05, 4.69) is 4.85 Å². The van der Waals surface area contributed by atoms with E-state index in [-0.39, 0.29) is 5.75 Å². The number of nitrogens with zero attached hydrogens (tertiary/aromatic N) is 1. The molecule has 1 aromatic rings. The Kier molecular flexibility index (Phi) is 3.51. The van der Waals surface area contributed by atoms with Crippen LogP contribution in [0.2, 0.25) is 0 Å². The molecule has 0 aromatic heterocycles. The average Bonchev–Trinajstić information content (AvgIpc) is 2.27. The van der Waals surface area contributed by atoms with Gasteiger partial charge >= 0.3 is 0 Å². The number of hydrogen-bond donors (Lipinski definition) is 0. The molecule has 0 bridgehead atoms. The Hall–Kier alpha value is -1.76. The van der Waals surface area contributed by atoms with Crippen LogP contribution in [0.25, 0.3) is 4.85 Å². The molecule has 0 aliphatic rings. The molecule has 15 heavy (non-hydrogen) atoms. The topological polar surface area (TPSA) is 22.8 Å². The van der Waals surface area contributed by atoms with Gasteiger partial charge in [0, 0.05) is 6.92 Å². The third-order valence-electron chi connectivity index (χ3n) is 2.14. The van der Waals surface area contributed by atoms with Crippen molar-refractivity contribution >= 4 is 0 Å². The summed E-state index contributed by atoms with van der Waals surface area (Å²) in [5, 5.41) is 0. The second kappa shape index (κ2) is 4.65. The molecule has 0 aliphatic carbocycles. The highest BCUT2D eigenvalue weighted by atomic mass is 19.1. The van der Waals surface area contributed by atoms with Crippen molar-refractivity contribution in [3.63, 3.8) is 0 Å². The number of benzene rings is 1. The predicted octanol–water partition coefficient (Wildman–Crippen LogP) is 2.82. The van der Waals surface area contributed by atoms with Crippen LogP contribution in [0.5, 0.6) is 11.5 Å². The van der Waals surface area contributed by atoms with E-state index in [1.165, 1.54) is 26.4 Å². The summed E-state index contributed by atoms with van der Waals surface area (Å²) in [5.74, 6) is 0.0680. The Bertz CT molecular complexity index is 398. The number of halogens is 1. The van der Waals surface area contributed by atoms with E-state index in [0.29, 0.717) is 11.3 Å². The van der Waals surface area contributed by atoms with Crippen LogP contribution in [0.1, 0.15) is 18.5 Å². The Labute approximate surface area is 88.3 Å². The van der Waals surface area contributed by atoms with Crippen molar-refractivity contribution in [3.05, 3.63) is 34.9 Å². The molecule has 0 N–H and O–H groups in total. The van der Waals surface area contributed by atoms with Crippen LogP contribution in [0.15, 0.2) is 12.1 Å². The van der Waals surface area contributed by atoms with Gasteiger partial charge in [0.1, 0.15) is 11.3 Å². The molecule has 1 aromatic carbocycles. The van der Waals surface area contributed by atoms with Gasteiger partial charge in [-0.25, -0.2) is 11.0 Å². The molecular weight excluding hydrogens is 197 g/mol. The van der Waals surface area contributed by atoms with Gasteiger partial charge < -0.3 is 14.3 Å². The van der Waals surface area contributed by atoms with Crippen molar-refractivity contribution in [2.75, 3.05) is 14.2 Å². The fraction of sp³-hybridized carbons (Fsp3) is 0.364. The highest BCUT2D eigenvalue weighted by Crippen LogP contribution is 2.37. The lowest BCUT2D eigenvalue weighted by atomic mass is 10.1. The highest BCUT2D eigenvalue weighted by Gasteiger charge is 2.23. The summed E-state index contributed by atoms with van der Waals surface area (Å²) in [4.78, 5) is 3.34. The van der Waals surface area contributed by atoms with Crippen LogP contribution in [0.3, 0.4) is 0 Å². The van der Waals surface area contributed by atoms with E-state index in [4.69, 9.17) is 16.0 Å². The zero-order valence-electron chi connectivity index (χ0n) is 8.87. The number of methoxy groups -OCH3 is 2. The molecule has 0 spiro atoms. The lowest BCUT2D eigenvalue weighted by Gasteiger charge is -2.12. The SMILES string of the molecule is [C-]#[N+]C(C)c1c(OC)ccc(F)c1OC. The number of ether oxygens (including phenoxy) is 2. The van der Waals surface area contributed by atoms with Gasteiger partial charge in [-0.15, -0.1) is 0 Å². The van der Waals surface area contributed by atoms with E-state index in [1.54, 1.807) is 6.92 Å². The van der Waals surface area contributed by atoms with Gasteiger partial charge in [-0.05, 0) is 12.1 Å². The van der Waals surface area contributed by atoms with Crippen LogP contribution in [0, 0.1) is 12.4 Å². The van der Waals surface area contributed by atoms with Crippen molar-refractivity contribution < 1.29 is 13.9 Å². The van der Waals surface area contributed by atoms with Crippen LogP contribution in [0.4, 0.5) is 4.39 Å². The van der Waals surface area contributed by atoms with Crippen LogP contribution in [-0.2, 0) is 0 Å². The third kappa shape index (κ3) is 2.01. The molecule has 1 atom stereocenters. The Morgan fingerprint density at radius 3 is 2.47 bits per heavy atom. The van der Waals surface area contributed by atoms with Crippen LogP contribution < -0.4 is 9.47 Å². The summed E-state index contributed by atoms with van der Waals surface area (Å²) in [6.07, 6.45) is 0. The van der Waals surface area contributed by atoms with Crippen molar-refractivity contribution in [2.45, 2.75) is 13.0 Å². The molecule has 4 heteroatoms. The standard InChI is InChI=1S/C11H12FNO2/c1-7(13-2)10-9(14-3)6-5-8(12)11(10)15-4/h5-7H,1,3-4H3. The second-order valence-corrected chi connectivity index (χ2v) is 3.00. The third-order valence-corrected chi connectivity index (χ3v) is 2.14. The van der Waals surface area contributed by atoms with Gasteiger partial charge in [0.15, 0.2) is 11.6 Å². The summed E-state index contributed by atoms with van der Waals surface area (Å²) in [7, 11) is 2.85. The maximum Gasteiger partial charge on any atom is 0.253 e. The van der Waals surface area contributed by atoms with E-state index in [0.717, 1.165) is 0 Å². The van der Waals surface area contributed by atoms with Gasteiger partial charge in [0.05, 0.1) is 14.2 Å². The normalized spacial score (nSPS) is 11.7. The van der Waals surface area contributed by atoms with Gasteiger partial charge in [0.25, 0.3) is 6.04 Å². The zero-order chi connectivity index (χ0) is 11.4. The lowest BCUT2D eigenvalue weighted by molar-refractivity contribution is 0.364. The number of hydrogen-bond acceptors (Lipinski definition) is 2. The average molecular weight is 209 g/mol. The highest BCUT2D eigenvalue weighted by molar-refractivity contribution is 5.48. The predicted molar refractivity (Wildman–Crippen MR) is 54.5 cm³/mol. The summed E-state index contributed by atoms with van der Waals surface area (Å²) in [6.45, 7) is 8.63. The van der Waals surface area contributed by atoms with E-state index < -0.39 is 11.9 Å². The minimum atomic E-state index is -0.495. The largest absolute Gasteiger partial charge is 0.496 e. The molecule has 3 nitrogen and oxygen atoms in total. The molecule has 0 saturated heterocycles. The molecule has 1 rings (SSSR count). The Morgan fingerprint density at radius 2 is 2.00 bits per heavy atom. The van der Waals surface area contributed by atoms with Gasteiger partial charge in [-0.1, -0.05) is 0 Å². The Balaban J connectivity index is 3.41. The van der Waals surface area contributed by atoms with Gasteiger partial charge in [0.2, 0.25) is 0 Å². The molecule has 0 radical (unpaired) electrons. The van der Waals surface area contributed by atoms with Crippen molar-refractivity contribution in [1.82, 2.24) is 0 Å². The summed E-state index contributed by atoms with van der Waals surface area (Å²) < 4.78 is 23.4. The first-order valence-electron chi connectivity index (χ1n) is 4.42. The first kappa shape index (κ1) is 11.3. The summed E-state index contributed by atoms with van der Waals surface area (Å²) in [5.41, 5.74) is 0.454. The molecule has 1 unspecified atom stereocenters. The molecule has 0 heterocycles. The van der Waals surface area contributed by atoms with Gasteiger partial charge in [-0.3, -0.25) is 0 Å². The quantitative estimate of drug-likeness (QED) is 0.714. The lowest BCUT2D eigenvalue weighted by Crippen LogP contribution is -2.00. The summed E-state index contributed by atoms with van der Waals surface area (Å²) >= 11 is 0. The second-order valence-electron chi connectivity index (χ2n) is 3.00. The molecule has 0 amide bonds. The Morgan fingerprint density at radius 1 is 1.33 bits per heavy atom. The fourth-order valence-electron chi connectivity index (χ4n) is 1.40. The molecule has 0 fully saturated rings. The van der Waals surface area contributed by atoms with Crippen molar-refractivity contribution in [2.24, 2.45) is 0 Å². The van der Waals surface area contributed by atoms with Crippen molar-refractivity contribution in [3.8, 4) is 11.5 Å². The first-order valence-corrected chi connectivity index (χ1v) is 4.42. The first-order chi connectivity index (χ1) is 7.15. The maximum atomic E-state index is 13.4. The van der Waals surface area contributed by atoms with E-state index >= 15 is 0 Å². The molecule has 0 aliphatic heterocycles. The maximum absolute atomic E-state index is 13.4. The van der Waals surface area contributed by atoms with Crippen LogP contribution >= 0.6 is 0 Å². The van der Waals surface area contributed by atoms with E-state index in [9.17, 15) is 4.39 Å². The molecular formula is C11H12FNO2. The molecule has 0 saturated carbocycles.